The maximum atomic E-state index is 13.4. The fourth-order valence-corrected chi connectivity index (χ4v) is 1.84. The van der Waals surface area contributed by atoms with Crippen LogP contribution in [0.25, 0.3) is 11.4 Å². The van der Waals surface area contributed by atoms with Gasteiger partial charge in [-0.15, -0.1) is 10.2 Å². The van der Waals surface area contributed by atoms with E-state index in [9.17, 15) is 9.18 Å². The number of aryl methyl sites for hydroxylation is 1. The lowest BCUT2D eigenvalue weighted by Gasteiger charge is -1.99. The van der Waals surface area contributed by atoms with Crippen molar-refractivity contribution in [1.29, 1.82) is 0 Å². The van der Waals surface area contributed by atoms with E-state index < -0.39 is 5.97 Å². The van der Waals surface area contributed by atoms with E-state index in [2.05, 4.69) is 15.2 Å². The molecule has 7 heteroatoms. The molecule has 0 saturated carbocycles. The van der Waals surface area contributed by atoms with Gasteiger partial charge in [-0.05, 0) is 18.6 Å². The summed E-state index contributed by atoms with van der Waals surface area (Å²) in [4.78, 5) is 13.2. The molecule has 0 radical (unpaired) electrons. The standard InChI is InChI=1S/C11H10FN3O2S/c1-6-2-3-7(4-8(6)12)10-13-11(15-14-10)18-5-9(16)17/h2-4H,5H2,1H3,(H,16,17)(H,13,14,15). The molecule has 0 bridgehead atoms. The van der Waals surface area contributed by atoms with Crippen molar-refractivity contribution in [1.82, 2.24) is 15.2 Å². The van der Waals surface area contributed by atoms with E-state index in [0.717, 1.165) is 11.8 Å². The molecule has 0 fully saturated rings. The summed E-state index contributed by atoms with van der Waals surface area (Å²) < 4.78 is 13.4. The number of carbonyl (C=O) groups is 1. The molecule has 2 rings (SSSR count). The number of thioether (sulfide) groups is 1. The summed E-state index contributed by atoms with van der Waals surface area (Å²) in [6.07, 6.45) is 0. The minimum Gasteiger partial charge on any atom is -0.481 e. The number of nitrogens with zero attached hydrogens (tertiary/aromatic N) is 2. The largest absolute Gasteiger partial charge is 0.481 e. The van der Waals surface area contributed by atoms with E-state index in [-0.39, 0.29) is 11.6 Å². The zero-order valence-corrected chi connectivity index (χ0v) is 10.3. The minimum atomic E-state index is -0.931. The van der Waals surface area contributed by atoms with Crippen molar-refractivity contribution in [3.63, 3.8) is 0 Å². The summed E-state index contributed by atoms with van der Waals surface area (Å²) in [5, 5.41) is 16.6. The monoisotopic (exact) mass is 267 g/mol. The van der Waals surface area contributed by atoms with Gasteiger partial charge >= 0.3 is 5.97 Å². The average Bonchev–Trinajstić information content (AvgIpc) is 2.79. The Morgan fingerprint density at radius 2 is 2.28 bits per heavy atom. The van der Waals surface area contributed by atoms with Crippen LogP contribution in [-0.2, 0) is 4.79 Å². The normalized spacial score (nSPS) is 10.6. The SMILES string of the molecule is Cc1ccc(-c2nnc(SCC(=O)O)[nH]2)cc1F. The smallest absolute Gasteiger partial charge is 0.313 e. The van der Waals surface area contributed by atoms with Crippen molar-refractivity contribution < 1.29 is 14.3 Å². The van der Waals surface area contributed by atoms with Gasteiger partial charge in [0, 0.05) is 5.56 Å². The van der Waals surface area contributed by atoms with Gasteiger partial charge in [0.15, 0.2) is 11.0 Å². The third-order valence-corrected chi connectivity index (χ3v) is 3.09. The summed E-state index contributed by atoms with van der Waals surface area (Å²) in [7, 11) is 0. The molecule has 0 aliphatic rings. The first-order valence-corrected chi connectivity index (χ1v) is 6.08. The van der Waals surface area contributed by atoms with Crippen LogP contribution in [0.4, 0.5) is 4.39 Å². The molecule has 94 valence electrons. The Labute approximate surface area is 106 Å². The van der Waals surface area contributed by atoms with Gasteiger partial charge in [0.05, 0.1) is 5.75 Å². The lowest BCUT2D eigenvalue weighted by atomic mass is 10.1. The summed E-state index contributed by atoms with van der Waals surface area (Å²) in [6.45, 7) is 1.67. The predicted octanol–water partition coefficient (Wildman–Crippen LogP) is 2.10. The van der Waals surface area contributed by atoms with Crippen LogP contribution < -0.4 is 0 Å². The van der Waals surface area contributed by atoms with Gasteiger partial charge in [-0.25, -0.2) is 4.39 Å². The number of benzene rings is 1. The van der Waals surface area contributed by atoms with Crippen molar-refractivity contribution >= 4 is 17.7 Å². The molecule has 1 aromatic heterocycles. The van der Waals surface area contributed by atoms with Crippen LogP contribution in [-0.4, -0.2) is 32.0 Å². The third kappa shape index (κ3) is 2.86. The zero-order valence-electron chi connectivity index (χ0n) is 9.48. The molecule has 1 heterocycles. The number of carboxylic acids is 1. The van der Waals surface area contributed by atoms with Gasteiger partial charge < -0.3 is 10.1 Å². The molecule has 18 heavy (non-hydrogen) atoms. The summed E-state index contributed by atoms with van der Waals surface area (Å²) in [5.74, 6) is -0.929. The number of rotatable bonds is 4. The lowest BCUT2D eigenvalue weighted by Crippen LogP contribution is -1.97. The number of hydrogen-bond donors (Lipinski definition) is 2. The van der Waals surface area contributed by atoms with Crippen molar-refractivity contribution in [3.8, 4) is 11.4 Å². The Morgan fingerprint density at radius 3 is 2.94 bits per heavy atom. The van der Waals surface area contributed by atoms with E-state index in [4.69, 9.17) is 5.11 Å². The molecule has 0 unspecified atom stereocenters. The number of hydrogen-bond acceptors (Lipinski definition) is 4. The first-order valence-electron chi connectivity index (χ1n) is 5.10. The highest BCUT2D eigenvalue weighted by Crippen LogP contribution is 2.21. The van der Waals surface area contributed by atoms with Crippen molar-refractivity contribution in [2.24, 2.45) is 0 Å². The van der Waals surface area contributed by atoms with E-state index >= 15 is 0 Å². The molecule has 5 nitrogen and oxygen atoms in total. The van der Waals surface area contributed by atoms with Gasteiger partial charge in [0.1, 0.15) is 5.82 Å². The molecule has 1 aromatic carbocycles. The van der Waals surface area contributed by atoms with Crippen molar-refractivity contribution in [2.75, 3.05) is 5.75 Å². The van der Waals surface area contributed by atoms with Crippen LogP contribution in [0.5, 0.6) is 0 Å². The number of halogens is 1. The lowest BCUT2D eigenvalue weighted by molar-refractivity contribution is -0.133. The molecule has 2 N–H and O–H groups in total. The second-order valence-electron chi connectivity index (χ2n) is 3.63. The van der Waals surface area contributed by atoms with Crippen LogP contribution in [0.15, 0.2) is 23.4 Å². The molecule has 0 spiro atoms. The Kier molecular flexibility index (Phi) is 3.61. The number of aliphatic carboxylic acids is 1. The van der Waals surface area contributed by atoms with Crippen molar-refractivity contribution in [3.05, 3.63) is 29.6 Å². The van der Waals surface area contributed by atoms with E-state index in [1.807, 2.05) is 0 Å². The van der Waals surface area contributed by atoms with Crippen molar-refractivity contribution in [2.45, 2.75) is 12.1 Å². The topological polar surface area (TPSA) is 78.9 Å². The van der Waals surface area contributed by atoms with Crippen LogP contribution in [0, 0.1) is 12.7 Å². The molecule has 0 saturated heterocycles. The quantitative estimate of drug-likeness (QED) is 0.829. The Morgan fingerprint density at radius 1 is 1.50 bits per heavy atom. The van der Waals surface area contributed by atoms with E-state index in [1.54, 1.807) is 19.1 Å². The molecular weight excluding hydrogens is 257 g/mol. The zero-order chi connectivity index (χ0) is 13.1. The predicted molar refractivity (Wildman–Crippen MR) is 64.9 cm³/mol. The molecule has 0 amide bonds. The maximum absolute atomic E-state index is 13.4. The minimum absolute atomic E-state index is 0.100. The Bertz CT molecular complexity index is 585. The fourth-order valence-electron chi connectivity index (χ4n) is 1.31. The number of aromatic nitrogens is 3. The molecule has 2 aromatic rings. The van der Waals surface area contributed by atoms with Crippen LogP contribution >= 0.6 is 11.8 Å². The van der Waals surface area contributed by atoms with Gasteiger partial charge in [0.25, 0.3) is 0 Å². The molecular formula is C11H10FN3O2S. The number of nitrogens with one attached hydrogen (secondary N) is 1. The van der Waals surface area contributed by atoms with E-state index in [0.29, 0.717) is 22.1 Å². The summed E-state index contributed by atoms with van der Waals surface area (Å²) in [5.41, 5.74) is 1.13. The van der Waals surface area contributed by atoms with Gasteiger partial charge in [-0.1, -0.05) is 23.9 Å². The number of H-pyrrole nitrogens is 1. The highest BCUT2D eigenvalue weighted by atomic mass is 32.2. The Hall–Kier alpha value is -1.89. The highest BCUT2D eigenvalue weighted by Gasteiger charge is 2.09. The first-order chi connectivity index (χ1) is 8.56. The van der Waals surface area contributed by atoms with Crippen LogP contribution in [0.3, 0.4) is 0 Å². The third-order valence-electron chi connectivity index (χ3n) is 2.24. The summed E-state index contributed by atoms with van der Waals surface area (Å²) >= 11 is 1.03. The fraction of sp³-hybridized carbons (Fsp3) is 0.182. The van der Waals surface area contributed by atoms with E-state index in [1.165, 1.54) is 6.07 Å². The highest BCUT2D eigenvalue weighted by molar-refractivity contribution is 7.99. The first kappa shape index (κ1) is 12.6. The Balaban J connectivity index is 2.18. The van der Waals surface area contributed by atoms with Crippen LogP contribution in [0.2, 0.25) is 0 Å². The average molecular weight is 267 g/mol. The molecule has 0 aliphatic heterocycles. The molecule has 0 atom stereocenters. The van der Waals surface area contributed by atoms with Gasteiger partial charge in [-0.2, -0.15) is 0 Å². The van der Waals surface area contributed by atoms with Crippen LogP contribution in [0.1, 0.15) is 5.56 Å². The second kappa shape index (κ2) is 5.18. The number of aromatic amines is 1. The van der Waals surface area contributed by atoms with Gasteiger partial charge in [-0.3, -0.25) is 4.79 Å². The van der Waals surface area contributed by atoms with Gasteiger partial charge in [0.2, 0.25) is 0 Å². The second-order valence-corrected chi connectivity index (χ2v) is 4.59. The summed E-state index contributed by atoms with van der Waals surface area (Å²) in [6, 6.07) is 4.74. The molecule has 0 aliphatic carbocycles. The number of carboxylic acid groups (broad SMARTS) is 1. The maximum Gasteiger partial charge on any atom is 0.313 e.